The second-order valence-electron chi connectivity index (χ2n) is 7.22. The van der Waals surface area contributed by atoms with E-state index in [4.69, 9.17) is 0 Å². The summed E-state index contributed by atoms with van der Waals surface area (Å²) in [7, 11) is 0. The van der Waals surface area contributed by atoms with Crippen molar-refractivity contribution < 1.29 is 19.5 Å². The van der Waals surface area contributed by atoms with Gasteiger partial charge in [0.15, 0.2) is 0 Å². The fourth-order valence-corrected chi connectivity index (χ4v) is 3.36. The minimum Gasteiger partial charge on any atom is -0.508 e. The molecule has 1 unspecified atom stereocenters. The van der Waals surface area contributed by atoms with Gasteiger partial charge in [-0.2, -0.15) is 0 Å². The molecule has 1 fully saturated rings. The molecule has 2 aromatic rings. The molecule has 0 spiro atoms. The lowest BCUT2D eigenvalue weighted by molar-refractivity contribution is -0.126. The Morgan fingerprint density at radius 3 is 2.48 bits per heavy atom. The number of phenols is 1. The maximum Gasteiger partial charge on any atom is 0.251 e. The normalized spacial score (nSPS) is 16.0. The van der Waals surface area contributed by atoms with Crippen molar-refractivity contribution >= 4 is 23.4 Å². The topological polar surface area (TPSA) is 98.7 Å². The summed E-state index contributed by atoms with van der Waals surface area (Å²) in [5.74, 6) is -0.842. The number of carbonyl (C=O) groups excluding carboxylic acids is 3. The van der Waals surface area contributed by atoms with Crippen LogP contribution in [-0.4, -0.2) is 42.5 Å². The molecule has 1 aliphatic rings. The summed E-state index contributed by atoms with van der Waals surface area (Å²) in [5.41, 5.74) is 3.43. The van der Waals surface area contributed by atoms with E-state index in [0.29, 0.717) is 12.1 Å². The Bertz CT molecular complexity index is 924. The molecule has 7 nitrogen and oxygen atoms in total. The second kappa shape index (κ2) is 8.77. The maximum absolute atomic E-state index is 12.4. The van der Waals surface area contributed by atoms with Gasteiger partial charge in [-0.15, -0.1) is 0 Å². The zero-order chi connectivity index (χ0) is 21.0. The van der Waals surface area contributed by atoms with E-state index in [-0.39, 0.29) is 43.0 Å². The monoisotopic (exact) mass is 395 g/mol. The lowest BCUT2D eigenvalue weighted by Gasteiger charge is -2.20. The molecule has 1 aliphatic heterocycles. The highest BCUT2D eigenvalue weighted by Crippen LogP contribution is 2.29. The number of aromatic hydroxyl groups is 1. The van der Waals surface area contributed by atoms with E-state index >= 15 is 0 Å². The molecule has 3 rings (SSSR count). The lowest BCUT2D eigenvalue weighted by atomic mass is 10.1. The van der Waals surface area contributed by atoms with E-state index in [1.54, 1.807) is 4.90 Å². The van der Waals surface area contributed by atoms with Crippen molar-refractivity contribution in [3.05, 3.63) is 59.2 Å². The van der Waals surface area contributed by atoms with E-state index < -0.39 is 5.92 Å². The van der Waals surface area contributed by atoms with E-state index in [1.165, 1.54) is 24.3 Å². The summed E-state index contributed by atoms with van der Waals surface area (Å²) >= 11 is 0. The Morgan fingerprint density at radius 1 is 1.07 bits per heavy atom. The van der Waals surface area contributed by atoms with E-state index in [1.807, 2.05) is 32.0 Å². The molecule has 29 heavy (non-hydrogen) atoms. The number of rotatable bonds is 6. The smallest absolute Gasteiger partial charge is 0.251 e. The summed E-state index contributed by atoms with van der Waals surface area (Å²) in [4.78, 5) is 38.5. The van der Waals surface area contributed by atoms with Gasteiger partial charge >= 0.3 is 0 Å². The standard InChI is InChI=1S/C22H25N3O4/c1-14-4-3-5-19(15(14)2)25-13-17(12-20(25)27)22(29)24-11-10-23-21(28)16-6-8-18(26)9-7-16/h3-9,17,26H,10-13H2,1-2H3,(H,23,28)(H,24,29). The van der Waals surface area contributed by atoms with Gasteiger partial charge in [-0.05, 0) is 55.3 Å². The molecule has 0 bridgehead atoms. The zero-order valence-corrected chi connectivity index (χ0v) is 16.6. The van der Waals surface area contributed by atoms with Gasteiger partial charge in [-0.1, -0.05) is 12.1 Å². The average Bonchev–Trinajstić information content (AvgIpc) is 3.09. The first-order chi connectivity index (χ1) is 13.9. The number of carbonyl (C=O) groups is 3. The number of benzene rings is 2. The zero-order valence-electron chi connectivity index (χ0n) is 16.6. The van der Waals surface area contributed by atoms with Crippen LogP contribution in [0.1, 0.15) is 27.9 Å². The van der Waals surface area contributed by atoms with Crippen LogP contribution >= 0.6 is 0 Å². The van der Waals surface area contributed by atoms with Crippen LogP contribution in [0.4, 0.5) is 5.69 Å². The molecule has 3 amide bonds. The van der Waals surface area contributed by atoms with Crippen LogP contribution in [0.25, 0.3) is 0 Å². The molecule has 0 radical (unpaired) electrons. The SMILES string of the molecule is Cc1cccc(N2CC(C(=O)NCCNC(=O)c3ccc(O)cc3)CC2=O)c1C. The molecule has 1 heterocycles. The predicted molar refractivity (Wildman–Crippen MR) is 110 cm³/mol. The Kier molecular flexibility index (Phi) is 6.16. The minimum absolute atomic E-state index is 0.0560. The van der Waals surface area contributed by atoms with Crippen molar-refractivity contribution in [3.63, 3.8) is 0 Å². The molecule has 2 aromatic carbocycles. The van der Waals surface area contributed by atoms with Crippen molar-refractivity contribution in [1.82, 2.24) is 10.6 Å². The lowest BCUT2D eigenvalue weighted by Crippen LogP contribution is -2.38. The molecular weight excluding hydrogens is 370 g/mol. The van der Waals surface area contributed by atoms with Gasteiger partial charge in [-0.3, -0.25) is 14.4 Å². The molecular formula is C22H25N3O4. The Hall–Kier alpha value is -3.35. The van der Waals surface area contributed by atoms with Crippen molar-refractivity contribution in [1.29, 1.82) is 0 Å². The fourth-order valence-electron chi connectivity index (χ4n) is 3.36. The first-order valence-electron chi connectivity index (χ1n) is 9.58. The molecule has 1 saturated heterocycles. The number of amides is 3. The Balaban J connectivity index is 1.48. The van der Waals surface area contributed by atoms with Crippen LogP contribution in [0.15, 0.2) is 42.5 Å². The quantitative estimate of drug-likeness (QED) is 0.651. The predicted octanol–water partition coefficient (Wildman–Crippen LogP) is 1.91. The van der Waals surface area contributed by atoms with Gasteiger partial charge in [0.25, 0.3) is 5.91 Å². The van der Waals surface area contributed by atoms with Gasteiger partial charge in [0, 0.05) is 37.3 Å². The summed E-state index contributed by atoms with van der Waals surface area (Å²) < 4.78 is 0. The third-order valence-electron chi connectivity index (χ3n) is 5.20. The van der Waals surface area contributed by atoms with Gasteiger partial charge < -0.3 is 20.6 Å². The van der Waals surface area contributed by atoms with Crippen LogP contribution in [0.3, 0.4) is 0 Å². The van der Waals surface area contributed by atoms with Crippen LogP contribution in [0.5, 0.6) is 5.75 Å². The van der Waals surface area contributed by atoms with Crippen LogP contribution in [0, 0.1) is 19.8 Å². The Morgan fingerprint density at radius 2 is 1.76 bits per heavy atom. The molecule has 0 aliphatic carbocycles. The number of hydrogen-bond acceptors (Lipinski definition) is 4. The number of hydrogen-bond donors (Lipinski definition) is 3. The molecule has 7 heteroatoms. The average molecular weight is 395 g/mol. The summed E-state index contributed by atoms with van der Waals surface area (Å²) in [6.07, 6.45) is 0.180. The Labute approximate surface area is 169 Å². The third-order valence-corrected chi connectivity index (χ3v) is 5.20. The number of aryl methyl sites for hydroxylation is 1. The van der Waals surface area contributed by atoms with Gasteiger partial charge in [0.05, 0.1) is 5.92 Å². The highest BCUT2D eigenvalue weighted by Gasteiger charge is 2.35. The van der Waals surface area contributed by atoms with E-state index in [0.717, 1.165) is 16.8 Å². The van der Waals surface area contributed by atoms with E-state index in [9.17, 15) is 19.5 Å². The van der Waals surface area contributed by atoms with Gasteiger partial charge in [0.2, 0.25) is 11.8 Å². The highest BCUT2D eigenvalue weighted by molar-refractivity contribution is 6.01. The largest absolute Gasteiger partial charge is 0.508 e. The van der Waals surface area contributed by atoms with Crippen LogP contribution < -0.4 is 15.5 Å². The number of anilines is 1. The number of nitrogens with one attached hydrogen (secondary N) is 2. The number of phenolic OH excluding ortho intramolecular Hbond substituents is 1. The molecule has 3 N–H and O–H groups in total. The molecule has 152 valence electrons. The van der Waals surface area contributed by atoms with Gasteiger partial charge in [-0.25, -0.2) is 0 Å². The van der Waals surface area contributed by atoms with Crippen molar-refractivity contribution in [2.45, 2.75) is 20.3 Å². The maximum atomic E-state index is 12.4. The first-order valence-corrected chi connectivity index (χ1v) is 9.58. The number of nitrogens with zero attached hydrogens (tertiary/aromatic N) is 1. The second-order valence-corrected chi connectivity index (χ2v) is 7.22. The van der Waals surface area contributed by atoms with Crippen LogP contribution in [-0.2, 0) is 9.59 Å². The summed E-state index contributed by atoms with van der Waals surface area (Å²) in [6, 6.07) is 11.7. The first kappa shape index (κ1) is 20.4. The molecule has 0 aromatic heterocycles. The molecule has 1 atom stereocenters. The molecule has 0 saturated carbocycles. The van der Waals surface area contributed by atoms with Crippen molar-refractivity contribution in [2.75, 3.05) is 24.5 Å². The highest BCUT2D eigenvalue weighted by atomic mass is 16.3. The fraction of sp³-hybridized carbons (Fsp3) is 0.318. The summed E-state index contributed by atoms with van der Waals surface area (Å²) in [6.45, 7) is 4.87. The van der Waals surface area contributed by atoms with Gasteiger partial charge in [0.1, 0.15) is 5.75 Å². The third kappa shape index (κ3) is 4.74. The summed E-state index contributed by atoms with van der Waals surface area (Å²) in [5, 5.41) is 14.7. The van der Waals surface area contributed by atoms with Crippen molar-refractivity contribution in [3.8, 4) is 5.75 Å². The van der Waals surface area contributed by atoms with E-state index in [2.05, 4.69) is 10.6 Å². The van der Waals surface area contributed by atoms with Crippen LogP contribution in [0.2, 0.25) is 0 Å². The minimum atomic E-state index is -0.407. The van der Waals surface area contributed by atoms with Crippen molar-refractivity contribution in [2.24, 2.45) is 5.92 Å².